The lowest BCUT2D eigenvalue weighted by atomic mass is 10.1. The van der Waals surface area contributed by atoms with Gasteiger partial charge in [0.05, 0.1) is 4.34 Å². The molecule has 0 radical (unpaired) electrons. The van der Waals surface area contributed by atoms with Gasteiger partial charge in [-0.2, -0.15) is 5.26 Å². The zero-order chi connectivity index (χ0) is 10.7. The molecule has 0 aliphatic heterocycles. The number of allylic oxidation sites excluding steroid dienone is 1. The van der Waals surface area contributed by atoms with Crippen molar-refractivity contribution in [2.45, 2.75) is 6.92 Å². The van der Waals surface area contributed by atoms with Crippen LogP contribution < -0.4 is 0 Å². The van der Waals surface area contributed by atoms with Crippen LogP contribution in [0.2, 0.25) is 4.34 Å². The van der Waals surface area contributed by atoms with Crippen LogP contribution in [0.3, 0.4) is 0 Å². The number of nitriles is 1. The standard InChI is InChI=1S/C9H6ClNO2S/c1-5(12)7(3-11)9(13)6-2-8(10)14-4-6/h2,4,13H,1H3. The van der Waals surface area contributed by atoms with Gasteiger partial charge in [-0.1, -0.05) is 11.6 Å². The number of halogens is 1. The van der Waals surface area contributed by atoms with E-state index in [9.17, 15) is 9.90 Å². The second-order valence-corrected chi connectivity index (χ2v) is 4.07. The lowest BCUT2D eigenvalue weighted by Gasteiger charge is -1.97. The molecule has 0 spiro atoms. The first-order valence-corrected chi connectivity index (χ1v) is 4.90. The normalized spacial score (nSPS) is 11.8. The average Bonchev–Trinajstić information content (AvgIpc) is 2.52. The first-order chi connectivity index (χ1) is 6.56. The maximum atomic E-state index is 10.9. The van der Waals surface area contributed by atoms with Crippen molar-refractivity contribution in [2.75, 3.05) is 0 Å². The van der Waals surface area contributed by atoms with Crippen LogP contribution in [-0.4, -0.2) is 10.9 Å². The van der Waals surface area contributed by atoms with E-state index >= 15 is 0 Å². The molecule has 0 bridgehead atoms. The van der Waals surface area contributed by atoms with Crippen molar-refractivity contribution in [3.8, 4) is 6.07 Å². The van der Waals surface area contributed by atoms with Crippen molar-refractivity contribution in [3.63, 3.8) is 0 Å². The third-order valence-electron chi connectivity index (χ3n) is 1.54. The highest BCUT2D eigenvalue weighted by Gasteiger charge is 2.13. The number of hydrogen-bond donors (Lipinski definition) is 1. The summed E-state index contributed by atoms with van der Waals surface area (Å²) in [6.07, 6.45) is 0. The molecule has 0 atom stereocenters. The smallest absolute Gasteiger partial charge is 0.174 e. The zero-order valence-electron chi connectivity index (χ0n) is 7.24. The van der Waals surface area contributed by atoms with Gasteiger partial charge in [-0.05, 0) is 6.07 Å². The van der Waals surface area contributed by atoms with Crippen LogP contribution in [0, 0.1) is 11.3 Å². The maximum absolute atomic E-state index is 10.9. The summed E-state index contributed by atoms with van der Waals surface area (Å²) in [6, 6.07) is 3.15. The Kier molecular flexibility index (Phi) is 3.28. The Labute approximate surface area is 89.9 Å². The first-order valence-electron chi connectivity index (χ1n) is 3.65. The molecule has 0 saturated heterocycles. The highest BCUT2D eigenvalue weighted by atomic mass is 35.5. The van der Waals surface area contributed by atoms with Crippen molar-refractivity contribution in [3.05, 3.63) is 26.9 Å². The highest BCUT2D eigenvalue weighted by Crippen LogP contribution is 2.26. The molecule has 1 aromatic heterocycles. The van der Waals surface area contributed by atoms with E-state index in [2.05, 4.69) is 0 Å². The minimum Gasteiger partial charge on any atom is -0.506 e. The Morgan fingerprint density at radius 3 is 2.71 bits per heavy atom. The number of aliphatic hydroxyl groups excluding tert-OH is 1. The summed E-state index contributed by atoms with van der Waals surface area (Å²) in [5.74, 6) is -0.782. The van der Waals surface area contributed by atoms with Crippen LogP contribution in [0.4, 0.5) is 0 Å². The molecular formula is C9H6ClNO2S. The molecule has 1 rings (SSSR count). The van der Waals surface area contributed by atoms with Gasteiger partial charge >= 0.3 is 0 Å². The van der Waals surface area contributed by atoms with E-state index in [1.165, 1.54) is 24.3 Å². The number of nitrogens with zero attached hydrogens (tertiary/aromatic N) is 1. The number of thiophene rings is 1. The van der Waals surface area contributed by atoms with Gasteiger partial charge < -0.3 is 5.11 Å². The predicted molar refractivity (Wildman–Crippen MR) is 55.2 cm³/mol. The van der Waals surface area contributed by atoms with E-state index < -0.39 is 5.78 Å². The van der Waals surface area contributed by atoms with Gasteiger partial charge in [0.15, 0.2) is 5.78 Å². The van der Waals surface area contributed by atoms with E-state index in [-0.39, 0.29) is 11.3 Å². The molecule has 0 saturated carbocycles. The lowest BCUT2D eigenvalue weighted by molar-refractivity contribution is -0.113. The molecule has 0 unspecified atom stereocenters. The van der Waals surface area contributed by atoms with Crippen molar-refractivity contribution in [1.82, 2.24) is 0 Å². The largest absolute Gasteiger partial charge is 0.506 e. The Bertz CT molecular complexity index is 442. The SMILES string of the molecule is CC(=O)C(C#N)=C(O)c1csc(Cl)c1. The summed E-state index contributed by atoms with van der Waals surface area (Å²) in [4.78, 5) is 10.9. The number of rotatable bonds is 2. The molecule has 1 heterocycles. The topological polar surface area (TPSA) is 61.1 Å². The number of Topliss-reactive ketones (excluding diaryl/α,β-unsaturated/α-hetero) is 1. The summed E-state index contributed by atoms with van der Waals surface area (Å²) < 4.78 is 0.493. The molecule has 0 aliphatic rings. The van der Waals surface area contributed by atoms with Crippen molar-refractivity contribution in [2.24, 2.45) is 0 Å². The monoisotopic (exact) mass is 227 g/mol. The second-order valence-electron chi connectivity index (χ2n) is 2.53. The average molecular weight is 228 g/mol. The molecule has 0 aliphatic carbocycles. The lowest BCUT2D eigenvalue weighted by Crippen LogP contribution is -1.98. The molecule has 0 aromatic carbocycles. The fourth-order valence-corrected chi connectivity index (χ4v) is 1.74. The first kappa shape index (κ1) is 10.8. The number of hydrogen-bond acceptors (Lipinski definition) is 4. The van der Waals surface area contributed by atoms with E-state index in [0.29, 0.717) is 9.90 Å². The zero-order valence-corrected chi connectivity index (χ0v) is 8.82. The molecule has 1 N–H and O–H groups in total. The fraction of sp³-hybridized carbons (Fsp3) is 0.111. The van der Waals surface area contributed by atoms with Gasteiger partial charge in [-0.3, -0.25) is 4.79 Å². The molecule has 72 valence electrons. The third kappa shape index (κ3) is 2.13. The van der Waals surface area contributed by atoms with E-state index in [1.807, 2.05) is 0 Å². The number of carbonyl (C=O) groups excluding carboxylic acids is 1. The van der Waals surface area contributed by atoms with Crippen molar-refractivity contribution < 1.29 is 9.90 Å². The minimum atomic E-state index is -0.465. The Morgan fingerprint density at radius 2 is 2.36 bits per heavy atom. The summed E-state index contributed by atoms with van der Waals surface area (Å²) in [5.41, 5.74) is 0.145. The van der Waals surface area contributed by atoms with Crippen LogP contribution in [-0.2, 0) is 4.79 Å². The molecule has 1 aromatic rings. The van der Waals surface area contributed by atoms with Crippen LogP contribution in [0.15, 0.2) is 17.0 Å². The van der Waals surface area contributed by atoms with Gasteiger partial charge in [-0.25, -0.2) is 0 Å². The van der Waals surface area contributed by atoms with Crippen LogP contribution in [0.5, 0.6) is 0 Å². The van der Waals surface area contributed by atoms with E-state index in [0.717, 1.165) is 0 Å². The predicted octanol–water partition coefficient (Wildman–Crippen LogP) is 2.78. The Balaban J connectivity index is 3.22. The molecule has 5 heteroatoms. The molecule has 0 amide bonds. The summed E-state index contributed by atoms with van der Waals surface area (Å²) in [7, 11) is 0. The number of carbonyl (C=O) groups is 1. The van der Waals surface area contributed by atoms with Crippen molar-refractivity contribution in [1.29, 1.82) is 5.26 Å². The van der Waals surface area contributed by atoms with E-state index in [4.69, 9.17) is 16.9 Å². The Hall–Kier alpha value is -1.31. The molecule has 0 fully saturated rings. The van der Waals surface area contributed by atoms with Gasteiger partial charge in [-0.15, -0.1) is 11.3 Å². The summed E-state index contributed by atoms with van der Waals surface area (Å²) >= 11 is 6.87. The van der Waals surface area contributed by atoms with Crippen LogP contribution >= 0.6 is 22.9 Å². The van der Waals surface area contributed by atoms with Crippen LogP contribution in [0.1, 0.15) is 12.5 Å². The fourth-order valence-electron chi connectivity index (χ4n) is 0.877. The molecular weight excluding hydrogens is 222 g/mol. The number of ketones is 1. The van der Waals surface area contributed by atoms with Crippen LogP contribution in [0.25, 0.3) is 5.76 Å². The van der Waals surface area contributed by atoms with Crippen molar-refractivity contribution >= 4 is 34.5 Å². The summed E-state index contributed by atoms with van der Waals surface area (Å²) in [6.45, 7) is 1.22. The highest BCUT2D eigenvalue weighted by molar-refractivity contribution is 7.14. The van der Waals surface area contributed by atoms with E-state index in [1.54, 1.807) is 11.4 Å². The maximum Gasteiger partial charge on any atom is 0.174 e. The quantitative estimate of drug-likeness (QED) is 0.480. The Morgan fingerprint density at radius 1 is 1.71 bits per heavy atom. The second kappa shape index (κ2) is 4.27. The van der Waals surface area contributed by atoms with Gasteiger partial charge in [0.1, 0.15) is 17.4 Å². The minimum absolute atomic E-state index is 0.250. The molecule has 3 nitrogen and oxygen atoms in total. The van der Waals surface area contributed by atoms with Gasteiger partial charge in [0, 0.05) is 17.9 Å². The van der Waals surface area contributed by atoms with Gasteiger partial charge in [0.25, 0.3) is 0 Å². The number of aliphatic hydroxyl groups is 1. The van der Waals surface area contributed by atoms with Gasteiger partial charge in [0.2, 0.25) is 0 Å². The third-order valence-corrected chi connectivity index (χ3v) is 2.63. The summed E-state index contributed by atoms with van der Waals surface area (Å²) in [5, 5.41) is 19.7. The molecule has 14 heavy (non-hydrogen) atoms.